The maximum atomic E-state index is 12.4. The van der Waals surface area contributed by atoms with Crippen LogP contribution in [0.2, 0.25) is 0 Å². The fourth-order valence-corrected chi connectivity index (χ4v) is 3.28. The second kappa shape index (κ2) is 6.15. The van der Waals surface area contributed by atoms with Crippen LogP contribution in [-0.4, -0.2) is 42.9 Å². The number of H-pyrrole nitrogens is 1. The second-order valence-corrected chi connectivity index (χ2v) is 6.24. The van der Waals surface area contributed by atoms with Crippen molar-refractivity contribution in [2.45, 2.75) is 38.6 Å². The van der Waals surface area contributed by atoms with Crippen molar-refractivity contribution < 1.29 is 9.53 Å². The summed E-state index contributed by atoms with van der Waals surface area (Å²) in [5, 5.41) is 13.6. The van der Waals surface area contributed by atoms with Gasteiger partial charge >= 0.3 is 0 Å². The number of carbonyl (C=O) groups is 1. The minimum absolute atomic E-state index is 0.0557. The molecule has 0 radical (unpaired) electrons. The van der Waals surface area contributed by atoms with Crippen LogP contribution in [-0.2, 0) is 17.7 Å². The van der Waals surface area contributed by atoms with Gasteiger partial charge in [-0.15, -0.1) is 0 Å². The highest BCUT2D eigenvalue weighted by Crippen LogP contribution is 2.43. The first kappa shape index (κ1) is 14.5. The molecule has 6 heteroatoms. The first-order valence-electron chi connectivity index (χ1n) is 7.78. The van der Waals surface area contributed by atoms with Crippen molar-refractivity contribution in [2.24, 2.45) is 5.41 Å². The van der Waals surface area contributed by atoms with Crippen molar-refractivity contribution >= 4 is 5.91 Å². The molecule has 1 amide bonds. The van der Waals surface area contributed by atoms with E-state index in [1.807, 2.05) is 0 Å². The first-order chi connectivity index (χ1) is 10.2. The molecule has 1 aliphatic carbocycles. The monoisotopic (exact) mass is 292 g/mol. The molecular formula is C15H24N4O2. The van der Waals surface area contributed by atoms with Gasteiger partial charge in [-0.3, -0.25) is 9.89 Å². The standard InChI is InChI=1S/C15H24N4O2/c1-21-8-6-15(4-2-5-15)10-17-14(20)13-11-9-16-7-3-12(11)18-19-13/h16H,2-10H2,1H3,(H,17,20)(H,18,19). The molecule has 116 valence electrons. The van der Waals surface area contributed by atoms with Gasteiger partial charge in [-0.1, -0.05) is 6.42 Å². The lowest BCUT2D eigenvalue weighted by molar-refractivity contribution is 0.0629. The number of carbonyl (C=O) groups excluding carboxylic acids is 1. The Balaban J connectivity index is 1.60. The normalized spacial score (nSPS) is 19.7. The van der Waals surface area contributed by atoms with Crippen LogP contribution in [0, 0.1) is 5.41 Å². The number of fused-ring (bicyclic) bond motifs is 1. The minimum Gasteiger partial charge on any atom is -0.385 e. The Bertz CT molecular complexity index is 508. The molecule has 0 aromatic carbocycles. The molecule has 0 spiro atoms. The zero-order valence-corrected chi connectivity index (χ0v) is 12.6. The third-order valence-corrected chi connectivity index (χ3v) is 4.90. The minimum atomic E-state index is -0.0557. The van der Waals surface area contributed by atoms with E-state index < -0.39 is 0 Å². The van der Waals surface area contributed by atoms with Crippen molar-refractivity contribution in [3.8, 4) is 0 Å². The molecule has 2 heterocycles. The number of methoxy groups -OCH3 is 1. The molecule has 0 saturated heterocycles. The lowest BCUT2D eigenvalue weighted by Crippen LogP contribution is -2.43. The Morgan fingerprint density at radius 2 is 2.33 bits per heavy atom. The van der Waals surface area contributed by atoms with Crippen molar-refractivity contribution in [2.75, 3.05) is 26.8 Å². The summed E-state index contributed by atoms with van der Waals surface area (Å²) in [4.78, 5) is 12.4. The molecule has 6 nitrogen and oxygen atoms in total. The average molecular weight is 292 g/mol. The predicted molar refractivity (Wildman–Crippen MR) is 79.1 cm³/mol. The van der Waals surface area contributed by atoms with E-state index in [0.29, 0.717) is 5.69 Å². The van der Waals surface area contributed by atoms with Crippen LogP contribution in [0.3, 0.4) is 0 Å². The lowest BCUT2D eigenvalue weighted by Gasteiger charge is -2.42. The third kappa shape index (κ3) is 2.96. The summed E-state index contributed by atoms with van der Waals surface area (Å²) in [5.41, 5.74) is 2.91. The topological polar surface area (TPSA) is 79.0 Å². The highest BCUT2D eigenvalue weighted by Gasteiger charge is 2.37. The highest BCUT2D eigenvalue weighted by atomic mass is 16.5. The molecule has 0 unspecified atom stereocenters. The molecule has 0 bridgehead atoms. The molecule has 2 aliphatic rings. The van der Waals surface area contributed by atoms with Gasteiger partial charge in [0, 0.05) is 51.0 Å². The van der Waals surface area contributed by atoms with Gasteiger partial charge in [-0.05, 0) is 24.7 Å². The van der Waals surface area contributed by atoms with E-state index in [9.17, 15) is 4.79 Å². The van der Waals surface area contributed by atoms with Crippen molar-refractivity contribution in [3.05, 3.63) is 17.0 Å². The molecular weight excluding hydrogens is 268 g/mol. The number of rotatable bonds is 6. The summed E-state index contributed by atoms with van der Waals surface area (Å²) in [5.74, 6) is -0.0557. The van der Waals surface area contributed by atoms with Gasteiger partial charge < -0.3 is 15.4 Å². The number of aromatic nitrogens is 2. The number of hydrogen-bond acceptors (Lipinski definition) is 4. The van der Waals surface area contributed by atoms with Gasteiger partial charge in [0.05, 0.1) is 0 Å². The van der Waals surface area contributed by atoms with Gasteiger partial charge in [0.25, 0.3) is 5.91 Å². The number of amides is 1. The number of ether oxygens (including phenoxy) is 1. The molecule has 0 atom stereocenters. The SMILES string of the molecule is COCCC1(CNC(=O)c2n[nH]c3c2CNCC3)CCC1. The summed E-state index contributed by atoms with van der Waals surface area (Å²) in [6.45, 7) is 3.15. The number of nitrogens with zero attached hydrogens (tertiary/aromatic N) is 1. The maximum absolute atomic E-state index is 12.4. The van der Waals surface area contributed by atoms with E-state index in [4.69, 9.17) is 4.74 Å². The zero-order chi connectivity index (χ0) is 14.7. The number of hydrogen-bond donors (Lipinski definition) is 3. The third-order valence-electron chi connectivity index (χ3n) is 4.90. The molecule has 3 N–H and O–H groups in total. The molecule has 1 aliphatic heterocycles. The smallest absolute Gasteiger partial charge is 0.272 e. The lowest BCUT2D eigenvalue weighted by atomic mass is 9.66. The van der Waals surface area contributed by atoms with Crippen molar-refractivity contribution in [1.29, 1.82) is 0 Å². The molecule has 1 fully saturated rings. The Hall–Kier alpha value is -1.40. The Morgan fingerprint density at radius 1 is 1.48 bits per heavy atom. The average Bonchev–Trinajstić information content (AvgIpc) is 2.89. The second-order valence-electron chi connectivity index (χ2n) is 6.24. The molecule has 1 saturated carbocycles. The van der Waals surface area contributed by atoms with Crippen LogP contribution in [0.1, 0.15) is 47.4 Å². The van der Waals surface area contributed by atoms with E-state index in [-0.39, 0.29) is 11.3 Å². The van der Waals surface area contributed by atoms with Crippen LogP contribution < -0.4 is 10.6 Å². The molecule has 3 rings (SSSR count). The largest absolute Gasteiger partial charge is 0.385 e. The van der Waals surface area contributed by atoms with E-state index >= 15 is 0 Å². The van der Waals surface area contributed by atoms with Gasteiger partial charge in [0.15, 0.2) is 5.69 Å². The fraction of sp³-hybridized carbons (Fsp3) is 0.733. The van der Waals surface area contributed by atoms with Crippen LogP contribution in [0.5, 0.6) is 0 Å². The van der Waals surface area contributed by atoms with E-state index in [1.165, 1.54) is 19.3 Å². The zero-order valence-electron chi connectivity index (χ0n) is 12.6. The summed E-state index contributed by atoms with van der Waals surface area (Å²) in [7, 11) is 1.73. The van der Waals surface area contributed by atoms with Crippen LogP contribution >= 0.6 is 0 Å². The molecule has 1 aromatic rings. The van der Waals surface area contributed by atoms with Crippen molar-refractivity contribution in [1.82, 2.24) is 20.8 Å². The molecule has 21 heavy (non-hydrogen) atoms. The Labute approximate surface area is 125 Å². The van der Waals surface area contributed by atoms with Gasteiger partial charge in [0.1, 0.15) is 0 Å². The quantitative estimate of drug-likeness (QED) is 0.730. The number of aromatic amines is 1. The molecule has 1 aromatic heterocycles. The van der Waals surface area contributed by atoms with Crippen LogP contribution in [0.25, 0.3) is 0 Å². The maximum Gasteiger partial charge on any atom is 0.272 e. The van der Waals surface area contributed by atoms with E-state index in [2.05, 4.69) is 20.8 Å². The summed E-state index contributed by atoms with van der Waals surface area (Å²) in [6, 6.07) is 0. The van der Waals surface area contributed by atoms with Gasteiger partial charge in [-0.2, -0.15) is 5.10 Å². The van der Waals surface area contributed by atoms with Crippen LogP contribution in [0.4, 0.5) is 0 Å². The Kier molecular flexibility index (Phi) is 4.26. The summed E-state index contributed by atoms with van der Waals surface area (Å²) >= 11 is 0. The predicted octanol–water partition coefficient (Wildman–Crippen LogP) is 0.992. The number of nitrogens with one attached hydrogen (secondary N) is 3. The van der Waals surface area contributed by atoms with Crippen molar-refractivity contribution in [3.63, 3.8) is 0 Å². The van der Waals surface area contributed by atoms with E-state index in [0.717, 1.165) is 50.3 Å². The fourth-order valence-electron chi connectivity index (χ4n) is 3.28. The highest BCUT2D eigenvalue weighted by molar-refractivity contribution is 5.94. The van der Waals surface area contributed by atoms with Gasteiger partial charge in [-0.25, -0.2) is 0 Å². The van der Waals surface area contributed by atoms with E-state index in [1.54, 1.807) is 7.11 Å². The first-order valence-corrected chi connectivity index (χ1v) is 7.78. The summed E-state index contributed by atoms with van der Waals surface area (Å²) < 4.78 is 5.19. The Morgan fingerprint density at radius 3 is 3.05 bits per heavy atom. The summed E-state index contributed by atoms with van der Waals surface area (Å²) in [6.07, 6.45) is 5.53. The van der Waals surface area contributed by atoms with Crippen LogP contribution in [0.15, 0.2) is 0 Å². The van der Waals surface area contributed by atoms with Gasteiger partial charge in [0.2, 0.25) is 0 Å².